The van der Waals surface area contributed by atoms with E-state index in [1.807, 2.05) is 19.1 Å². The second kappa shape index (κ2) is 7.63. The van der Waals surface area contributed by atoms with E-state index in [9.17, 15) is 9.59 Å². The fraction of sp³-hybridized carbons (Fsp3) is 0.385. The SMILES string of the molecule is CC(NC(=O)NCCCC(=O)O)c1cccc(Cl)c1. The van der Waals surface area contributed by atoms with Crippen LogP contribution < -0.4 is 10.6 Å². The Kier molecular flexibility index (Phi) is 6.15. The summed E-state index contributed by atoms with van der Waals surface area (Å²) in [5.41, 5.74) is 0.910. The number of rotatable bonds is 6. The van der Waals surface area contributed by atoms with Gasteiger partial charge in [0.25, 0.3) is 0 Å². The summed E-state index contributed by atoms with van der Waals surface area (Å²) in [5.74, 6) is -0.866. The number of halogens is 1. The van der Waals surface area contributed by atoms with Crippen LogP contribution in [0.2, 0.25) is 5.02 Å². The molecule has 0 bridgehead atoms. The molecule has 1 aromatic carbocycles. The quantitative estimate of drug-likeness (QED) is 0.703. The van der Waals surface area contributed by atoms with Gasteiger partial charge in [0.1, 0.15) is 0 Å². The smallest absolute Gasteiger partial charge is 0.315 e. The summed E-state index contributed by atoms with van der Waals surface area (Å²) in [6.07, 6.45) is 0.457. The van der Waals surface area contributed by atoms with Crippen LogP contribution in [-0.4, -0.2) is 23.7 Å². The average molecular weight is 285 g/mol. The minimum atomic E-state index is -0.866. The topological polar surface area (TPSA) is 78.4 Å². The third-order valence-corrected chi connectivity index (χ3v) is 2.78. The first kappa shape index (κ1) is 15.3. The van der Waals surface area contributed by atoms with Crippen LogP contribution in [0.15, 0.2) is 24.3 Å². The van der Waals surface area contributed by atoms with Crippen molar-refractivity contribution in [2.24, 2.45) is 0 Å². The molecule has 1 aromatic rings. The van der Waals surface area contributed by atoms with Gasteiger partial charge in [-0.05, 0) is 31.0 Å². The van der Waals surface area contributed by atoms with Crippen molar-refractivity contribution in [1.82, 2.24) is 10.6 Å². The number of nitrogens with one attached hydrogen (secondary N) is 2. The first-order valence-electron chi connectivity index (χ1n) is 6.00. The van der Waals surface area contributed by atoms with E-state index in [-0.39, 0.29) is 18.5 Å². The zero-order valence-corrected chi connectivity index (χ0v) is 11.4. The molecule has 2 amide bonds. The number of hydrogen-bond acceptors (Lipinski definition) is 2. The van der Waals surface area contributed by atoms with Gasteiger partial charge in [0, 0.05) is 18.0 Å². The number of aliphatic carboxylic acids is 1. The van der Waals surface area contributed by atoms with Crippen LogP contribution in [-0.2, 0) is 4.79 Å². The van der Waals surface area contributed by atoms with Crippen LogP contribution in [0.25, 0.3) is 0 Å². The van der Waals surface area contributed by atoms with E-state index in [0.29, 0.717) is 18.0 Å². The summed E-state index contributed by atoms with van der Waals surface area (Å²) in [7, 11) is 0. The predicted octanol–water partition coefficient (Wildman–Crippen LogP) is 2.57. The van der Waals surface area contributed by atoms with Gasteiger partial charge in [0.05, 0.1) is 6.04 Å². The fourth-order valence-electron chi connectivity index (χ4n) is 1.55. The average Bonchev–Trinajstić information content (AvgIpc) is 2.34. The number of carboxylic acids is 1. The largest absolute Gasteiger partial charge is 0.481 e. The van der Waals surface area contributed by atoms with E-state index < -0.39 is 5.97 Å². The highest BCUT2D eigenvalue weighted by molar-refractivity contribution is 6.30. The molecule has 6 heteroatoms. The van der Waals surface area contributed by atoms with Crippen molar-refractivity contribution in [3.8, 4) is 0 Å². The summed E-state index contributed by atoms with van der Waals surface area (Å²) in [4.78, 5) is 21.9. The molecular formula is C13H17ClN2O3. The molecule has 0 aromatic heterocycles. The normalized spacial score (nSPS) is 11.7. The highest BCUT2D eigenvalue weighted by atomic mass is 35.5. The number of carbonyl (C=O) groups excluding carboxylic acids is 1. The molecule has 0 aliphatic rings. The van der Waals surface area contributed by atoms with Gasteiger partial charge in [-0.15, -0.1) is 0 Å². The van der Waals surface area contributed by atoms with Crippen molar-refractivity contribution >= 4 is 23.6 Å². The lowest BCUT2D eigenvalue weighted by Gasteiger charge is -2.15. The standard InChI is InChI=1S/C13H17ClN2O3/c1-9(10-4-2-5-11(14)8-10)16-13(19)15-7-3-6-12(17)18/h2,4-5,8-9H,3,6-7H2,1H3,(H,17,18)(H2,15,16,19). The minimum Gasteiger partial charge on any atom is -0.481 e. The third kappa shape index (κ3) is 6.10. The number of amides is 2. The number of urea groups is 1. The van der Waals surface area contributed by atoms with Gasteiger partial charge in [-0.1, -0.05) is 23.7 Å². The summed E-state index contributed by atoms with van der Waals surface area (Å²) in [5, 5.41) is 14.4. The van der Waals surface area contributed by atoms with Gasteiger partial charge in [-0.25, -0.2) is 4.79 Å². The maximum Gasteiger partial charge on any atom is 0.315 e. The molecule has 0 spiro atoms. The maximum atomic E-state index is 11.6. The Hall–Kier alpha value is -1.75. The molecule has 0 heterocycles. The van der Waals surface area contributed by atoms with Crippen LogP contribution in [0, 0.1) is 0 Å². The van der Waals surface area contributed by atoms with Crippen molar-refractivity contribution in [1.29, 1.82) is 0 Å². The molecule has 0 saturated heterocycles. The first-order valence-corrected chi connectivity index (χ1v) is 6.38. The highest BCUT2D eigenvalue weighted by Gasteiger charge is 2.09. The van der Waals surface area contributed by atoms with Crippen molar-refractivity contribution in [2.75, 3.05) is 6.54 Å². The number of carbonyl (C=O) groups is 2. The van der Waals surface area contributed by atoms with Gasteiger partial charge < -0.3 is 15.7 Å². The Labute approximate surface area is 117 Å². The Morgan fingerprint density at radius 3 is 2.79 bits per heavy atom. The van der Waals surface area contributed by atoms with Crippen LogP contribution >= 0.6 is 11.6 Å². The second-order valence-corrected chi connectivity index (χ2v) is 4.61. The van der Waals surface area contributed by atoms with E-state index in [4.69, 9.17) is 16.7 Å². The lowest BCUT2D eigenvalue weighted by Crippen LogP contribution is -2.37. The van der Waals surface area contributed by atoms with Crippen molar-refractivity contribution in [2.45, 2.75) is 25.8 Å². The maximum absolute atomic E-state index is 11.6. The first-order chi connectivity index (χ1) is 8.99. The molecule has 0 aliphatic heterocycles. The molecule has 104 valence electrons. The fourth-order valence-corrected chi connectivity index (χ4v) is 1.75. The van der Waals surface area contributed by atoms with Crippen LogP contribution in [0.1, 0.15) is 31.4 Å². The van der Waals surface area contributed by atoms with Crippen molar-refractivity contribution < 1.29 is 14.7 Å². The summed E-state index contributed by atoms with van der Waals surface area (Å²) in [6, 6.07) is 6.76. The Bertz CT molecular complexity index is 451. The van der Waals surface area contributed by atoms with Gasteiger partial charge in [-0.2, -0.15) is 0 Å². The Balaban J connectivity index is 2.34. The van der Waals surface area contributed by atoms with Crippen molar-refractivity contribution in [3.05, 3.63) is 34.9 Å². The molecule has 19 heavy (non-hydrogen) atoms. The molecular weight excluding hydrogens is 268 g/mol. The second-order valence-electron chi connectivity index (χ2n) is 4.17. The van der Waals surface area contributed by atoms with Gasteiger partial charge in [-0.3, -0.25) is 4.79 Å². The van der Waals surface area contributed by atoms with Crippen LogP contribution in [0.5, 0.6) is 0 Å². The van der Waals surface area contributed by atoms with Gasteiger partial charge >= 0.3 is 12.0 Å². The van der Waals surface area contributed by atoms with Gasteiger partial charge in [0.2, 0.25) is 0 Å². The summed E-state index contributed by atoms with van der Waals surface area (Å²) < 4.78 is 0. The molecule has 0 radical (unpaired) electrons. The summed E-state index contributed by atoms with van der Waals surface area (Å²) in [6.45, 7) is 2.18. The molecule has 1 atom stereocenters. The Morgan fingerprint density at radius 2 is 2.16 bits per heavy atom. The van der Waals surface area contributed by atoms with E-state index >= 15 is 0 Å². The highest BCUT2D eigenvalue weighted by Crippen LogP contribution is 2.16. The number of benzene rings is 1. The number of carboxylic acid groups (broad SMARTS) is 1. The lowest BCUT2D eigenvalue weighted by molar-refractivity contribution is -0.137. The molecule has 3 N–H and O–H groups in total. The van der Waals surface area contributed by atoms with E-state index in [0.717, 1.165) is 5.56 Å². The molecule has 1 unspecified atom stereocenters. The lowest BCUT2D eigenvalue weighted by atomic mass is 10.1. The van der Waals surface area contributed by atoms with E-state index in [1.54, 1.807) is 12.1 Å². The number of hydrogen-bond donors (Lipinski definition) is 3. The van der Waals surface area contributed by atoms with Crippen LogP contribution in [0.3, 0.4) is 0 Å². The van der Waals surface area contributed by atoms with Crippen molar-refractivity contribution in [3.63, 3.8) is 0 Å². The molecule has 0 aliphatic carbocycles. The zero-order valence-electron chi connectivity index (χ0n) is 10.6. The molecule has 1 rings (SSSR count). The zero-order chi connectivity index (χ0) is 14.3. The summed E-state index contributed by atoms with van der Waals surface area (Å²) >= 11 is 5.87. The van der Waals surface area contributed by atoms with Crippen LogP contribution in [0.4, 0.5) is 4.79 Å². The van der Waals surface area contributed by atoms with E-state index in [1.165, 1.54) is 0 Å². The van der Waals surface area contributed by atoms with Gasteiger partial charge in [0.15, 0.2) is 0 Å². The third-order valence-electron chi connectivity index (χ3n) is 2.55. The van der Waals surface area contributed by atoms with E-state index in [2.05, 4.69) is 10.6 Å². The predicted molar refractivity (Wildman–Crippen MR) is 73.3 cm³/mol. The molecule has 0 saturated carbocycles. The molecule has 5 nitrogen and oxygen atoms in total. The minimum absolute atomic E-state index is 0.0458. The Morgan fingerprint density at radius 1 is 1.42 bits per heavy atom. The monoisotopic (exact) mass is 284 g/mol. The molecule has 0 fully saturated rings.